The second-order valence-corrected chi connectivity index (χ2v) is 5.02. The van der Waals surface area contributed by atoms with Crippen molar-refractivity contribution in [3.63, 3.8) is 0 Å². The molecular weight excluding hydrogens is 202 g/mol. The van der Waals surface area contributed by atoms with Crippen molar-refractivity contribution in [2.24, 2.45) is 0 Å². The Balaban J connectivity index is 2.22. The Morgan fingerprint density at radius 1 is 1.62 bits per heavy atom. The van der Waals surface area contributed by atoms with Crippen molar-refractivity contribution >= 4 is 28.4 Å². The van der Waals surface area contributed by atoms with Gasteiger partial charge in [-0.05, 0) is 38.7 Å². The van der Waals surface area contributed by atoms with Gasteiger partial charge in [-0.3, -0.25) is 0 Å². The van der Waals surface area contributed by atoms with Crippen LogP contribution in [0.2, 0.25) is 0 Å². The van der Waals surface area contributed by atoms with E-state index in [9.17, 15) is 0 Å². The lowest BCUT2D eigenvalue weighted by atomic mass is 10.1. The fourth-order valence-electron chi connectivity index (χ4n) is 1.58. The predicted octanol–water partition coefficient (Wildman–Crippen LogP) is 2.14. The van der Waals surface area contributed by atoms with Crippen LogP contribution in [0.15, 0.2) is 0 Å². The maximum absolute atomic E-state index is 4.98. The molecule has 1 aliphatic rings. The van der Waals surface area contributed by atoms with Crippen LogP contribution in [0.4, 0.5) is 0 Å². The Labute approximate surface area is 90.0 Å². The summed E-state index contributed by atoms with van der Waals surface area (Å²) in [5.41, 5.74) is 0. The van der Waals surface area contributed by atoms with E-state index in [2.05, 4.69) is 11.9 Å². The van der Waals surface area contributed by atoms with Gasteiger partial charge in [0.25, 0.3) is 0 Å². The molecule has 13 heavy (non-hydrogen) atoms. The Morgan fingerprint density at radius 2 is 2.38 bits per heavy atom. The van der Waals surface area contributed by atoms with Crippen molar-refractivity contribution < 1.29 is 4.74 Å². The average molecular weight is 219 g/mol. The van der Waals surface area contributed by atoms with Gasteiger partial charge in [-0.2, -0.15) is 0 Å². The fourth-order valence-corrected chi connectivity index (χ4v) is 2.65. The molecular formula is C9H17NOS2. The first-order chi connectivity index (χ1) is 6.24. The molecule has 1 aliphatic heterocycles. The van der Waals surface area contributed by atoms with Crippen LogP contribution in [0.1, 0.15) is 19.3 Å². The van der Waals surface area contributed by atoms with Crippen molar-refractivity contribution in [3.8, 4) is 0 Å². The van der Waals surface area contributed by atoms with Crippen LogP contribution in [0, 0.1) is 0 Å². The summed E-state index contributed by atoms with van der Waals surface area (Å²) in [4.78, 5) is 2.43. The van der Waals surface area contributed by atoms with Crippen LogP contribution >= 0.6 is 24.0 Å². The van der Waals surface area contributed by atoms with Crippen molar-refractivity contribution in [2.75, 3.05) is 26.5 Å². The Morgan fingerprint density at radius 3 is 3.00 bits per heavy atom. The van der Waals surface area contributed by atoms with E-state index in [0.717, 1.165) is 5.75 Å². The van der Waals surface area contributed by atoms with E-state index in [4.69, 9.17) is 17.0 Å². The second-order valence-electron chi connectivity index (χ2n) is 3.40. The van der Waals surface area contributed by atoms with Gasteiger partial charge < -0.3 is 9.64 Å². The van der Waals surface area contributed by atoms with Gasteiger partial charge in [0.05, 0.1) is 7.11 Å². The van der Waals surface area contributed by atoms with E-state index in [1.54, 1.807) is 18.9 Å². The van der Waals surface area contributed by atoms with E-state index < -0.39 is 0 Å². The maximum Gasteiger partial charge on any atom is 0.219 e. The standard InChI is InChI=1S/C9H17NOS2/c1-10-6-4-3-5-8(10)7-13-9(12)11-2/h8H,3-7H2,1-2H3. The van der Waals surface area contributed by atoms with E-state index in [1.165, 1.54) is 25.8 Å². The Kier molecular flexibility index (Phi) is 5.06. The summed E-state index contributed by atoms with van der Waals surface area (Å²) in [5, 5.41) is 0. The van der Waals surface area contributed by atoms with Crippen LogP contribution in [0.5, 0.6) is 0 Å². The molecule has 0 aromatic rings. The number of likely N-dealkylation sites (tertiary alicyclic amines) is 1. The number of methoxy groups -OCH3 is 1. The zero-order valence-electron chi connectivity index (χ0n) is 8.28. The number of thiocarbonyl (C=S) groups is 1. The molecule has 0 saturated carbocycles. The normalized spacial score (nSPS) is 24.3. The molecule has 1 atom stereocenters. The number of piperidine rings is 1. The van der Waals surface area contributed by atoms with Gasteiger partial charge in [0.2, 0.25) is 4.38 Å². The molecule has 1 heterocycles. The molecule has 0 bridgehead atoms. The summed E-state index contributed by atoms with van der Waals surface area (Å²) in [7, 11) is 3.83. The summed E-state index contributed by atoms with van der Waals surface area (Å²) in [6.07, 6.45) is 4.00. The van der Waals surface area contributed by atoms with E-state index in [1.807, 2.05) is 0 Å². The third-order valence-corrected chi connectivity index (χ3v) is 3.96. The highest BCUT2D eigenvalue weighted by molar-refractivity contribution is 8.22. The van der Waals surface area contributed by atoms with Crippen LogP contribution < -0.4 is 0 Å². The number of thioether (sulfide) groups is 1. The molecule has 76 valence electrons. The maximum atomic E-state index is 4.98. The molecule has 1 saturated heterocycles. The van der Waals surface area contributed by atoms with E-state index in [0.29, 0.717) is 10.4 Å². The van der Waals surface area contributed by atoms with Gasteiger partial charge in [0, 0.05) is 11.8 Å². The molecule has 2 nitrogen and oxygen atoms in total. The summed E-state index contributed by atoms with van der Waals surface area (Å²) in [6, 6.07) is 0.687. The van der Waals surface area contributed by atoms with Gasteiger partial charge in [-0.15, -0.1) is 0 Å². The largest absolute Gasteiger partial charge is 0.482 e. The SMILES string of the molecule is COC(=S)SCC1CCCCN1C. The highest BCUT2D eigenvalue weighted by Gasteiger charge is 2.19. The van der Waals surface area contributed by atoms with E-state index in [-0.39, 0.29) is 0 Å². The Hall–Kier alpha value is 0.200. The topological polar surface area (TPSA) is 12.5 Å². The minimum Gasteiger partial charge on any atom is -0.482 e. The number of nitrogens with zero attached hydrogens (tertiary/aromatic N) is 1. The van der Waals surface area contributed by atoms with Crippen molar-refractivity contribution in [1.29, 1.82) is 0 Å². The quantitative estimate of drug-likeness (QED) is 0.659. The van der Waals surface area contributed by atoms with Crippen molar-refractivity contribution in [1.82, 2.24) is 4.90 Å². The molecule has 1 fully saturated rings. The van der Waals surface area contributed by atoms with Crippen LogP contribution in [-0.2, 0) is 4.74 Å². The number of rotatable bonds is 2. The first-order valence-corrected chi connectivity index (χ1v) is 6.04. The molecule has 1 rings (SSSR count). The van der Waals surface area contributed by atoms with Crippen molar-refractivity contribution in [2.45, 2.75) is 25.3 Å². The third-order valence-electron chi connectivity index (χ3n) is 2.48. The molecule has 0 aliphatic carbocycles. The molecule has 0 aromatic heterocycles. The van der Waals surface area contributed by atoms with Crippen LogP contribution in [0.25, 0.3) is 0 Å². The lowest BCUT2D eigenvalue weighted by molar-refractivity contribution is 0.204. The Bertz CT molecular complexity index is 175. The minimum atomic E-state index is 0.666. The van der Waals surface area contributed by atoms with Gasteiger partial charge in [-0.1, -0.05) is 18.2 Å². The van der Waals surface area contributed by atoms with E-state index >= 15 is 0 Å². The highest BCUT2D eigenvalue weighted by Crippen LogP contribution is 2.19. The molecule has 0 radical (unpaired) electrons. The summed E-state index contributed by atoms with van der Waals surface area (Å²) >= 11 is 6.64. The van der Waals surface area contributed by atoms with Gasteiger partial charge >= 0.3 is 0 Å². The van der Waals surface area contributed by atoms with Gasteiger partial charge in [-0.25, -0.2) is 0 Å². The summed E-state index contributed by atoms with van der Waals surface area (Å²) < 4.78 is 5.62. The minimum absolute atomic E-state index is 0.666. The molecule has 1 unspecified atom stereocenters. The van der Waals surface area contributed by atoms with Gasteiger partial charge in [0.15, 0.2) is 0 Å². The predicted molar refractivity (Wildman–Crippen MR) is 62.3 cm³/mol. The third kappa shape index (κ3) is 3.83. The number of hydrogen-bond donors (Lipinski definition) is 0. The molecule has 0 amide bonds. The lowest BCUT2D eigenvalue weighted by Gasteiger charge is -2.31. The van der Waals surface area contributed by atoms with Crippen LogP contribution in [-0.4, -0.2) is 41.8 Å². The highest BCUT2D eigenvalue weighted by atomic mass is 32.2. The summed E-state index contributed by atoms with van der Waals surface area (Å²) in [6.45, 7) is 1.23. The second kappa shape index (κ2) is 5.83. The first-order valence-electron chi connectivity index (χ1n) is 4.65. The summed E-state index contributed by atoms with van der Waals surface area (Å²) in [5.74, 6) is 1.07. The van der Waals surface area contributed by atoms with Crippen molar-refractivity contribution in [3.05, 3.63) is 0 Å². The zero-order chi connectivity index (χ0) is 9.68. The number of hydrogen-bond acceptors (Lipinski definition) is 4. The van der Waals surface area contributed by atoms with Gasteiger partial charge in [0.1, 0.15) is 0 Å². The molecule has 4 heteroatoms. The smallest absolute Gasteiger partial charge is 0.219 e. The number of ether oxygens (including phenoxy) is 1. The molecule has 0 N–H and O–H groups in total. The monoisotopic (exact) mass is 219 g/mol. The molecule has 0 aromatic carbocycles. The zero-order valence-corrected chi connectivity index (χ0v) is 9.92. The first kappa shape index (κ1) is 11.3. The fraction of sp³-hybridized carbons (Fsp3) is 0.889. The average Bonchev–Trinajstić information content (AvgIpc) is 2.16. The molecule has 0 spiro atoms. The lowest BCUT2D eigenvalue weighted by Crippen LogP contribution is -2.38. The van der Waals surface area contributed by atoms with Crippen LogP contribution in [0.3, 0.4) is 0 Å².